The largest absolute Gasteiger partial charge is 0.481 e. The molecule has 4 rings (SSSR count). The summed E-state index contributed by atoms with van der Waals surface area (Å²) in [6.07, 6.45) is -0.0314. The normalized spacial score (nSPS) is 11.0. The molecule has 30 heavy (non-hydrogen) atoms. The number of aromatic amines is 1. The molecule has 7 nitrogen and oxygen atoms in total. The fourth-order valence-corrected chi connectivity index (χ4v) is 3.56. The second-order valence-electron chi connectivity index (χ2n) is 7.30. The van der Waals surface area contributed by atoms with Crippen molar-refractivity contribution in [2.45, 2.75) is 26.8 Å². The third kappa shape index (κ3) is 3.96. The second kappa shape index (κ2) is 7.87. The summed E-state index contributed by atoms with van der Waals surface area (Å²) in [5.41, 5.74) is 5.47. The van der Waals surface area contributed by atoms with E-state index in [4.69, 9.17) is 5.11 Å². The van der Waals surface area contributed by atoms with Crippen molar-refractivity contribution in [1.82, 2.24) is 14.8 Å². The molecule has 0 saturated carbocycles. The third-order valence-electron chi connectivity index (χ3n) is 5.18. The molecule has 0 bridgehead atoms. The molecule has 2 aromatic carbocycles. The van der Waals surface area contributed by atoms with E-state index in [1.165, 1.54) is 0 Å². The van der Waals surface area contributed by atoms with Crippen molar-refractivity contribution in [3.8, 4) is 0 Å². The van der Waals surface area contributed by atoms with Crippen molar-refractivity contribution < 1.29 is 14.7 Å². The zero-order valence-electron chi connectivity index (χ0n) is 16.8. The molecule has 0 radical (unpaired) electrons. The SMILES string of the molecule is Cc1nn(Cc2ccc(NC(=O)c3cc4ccccc4[nH]3)cc2)c(C)c1CC(=O)O. The number of hydrogen-bond acceptors (Lipinski definition) is 3. The molecule has 0 unspecified atom stereocenters. The van der Waals surface area contributed by atoms with Crippen molar-refractivity contribution in [3.05, 3.63) is 82.8 Å². The van der Waals surface area contributed by atoms with Gasteiger partial charge in [-0.1, -0.05) is 30.3 Å². The molecule has 0 aliphatic heterocycles. The number of aliphatic carboxylic acids is 1. The van der Waals surface area contributed by atoms with E-state index in [-0.39, 0.29) is 12.3 Å². The maximum Gasteiger partial charge on any atom is 0.307 e. The number of para-hydroxylation sites is 1. The molecule has 2 aromatic heterocycles. The number of carbonyl (C=O) groups is 2. The Hall–Kier alpha value is -3.87. The summed E-state index contributed by atoms with van der Waals surface area (Å²) in [4.78, 5) is 26.7. The van der Waals surface area contributed by atoms with Gasteiger partial charge in [-0.25, -0.2) is 0 Å². The Morgan fingerprint density at radius 2 is 1.83 bits per heavy atom. The predicted octanol–water partition coefficient (Wildman–Crippen LogP) is 3.91. The molecule has 0 atom stereocenters. The average molecular weight is 402 g/mol. The Labute approximate surface area is 173 Å². The topological polar surface area (TPSA) is 100 Å². The summed E-state index contributed by atoms with van der Waals surface area (Å²) >= 11 is 0. The Morgan fingerprint density at radius 1 is 1.10 bits per heavy atom. The molecule has 0 spiro atoms. The molecule has 0 fully saturated rings. The van der Waals surface area contributed by atoms with Gasteiger partial charge in [-0.2, -0.15) is 5.10 Å². The first kappa shape index (κ1) is 19.4. The number of amides is 1. The number of aryl methyl sites for hydroxylation is 1. The molecule has 152 valence electrons. The van der Waals surface area contributed by atoms with Gasteiger partial charge in [0.1, 0.15) is 5.69 Å². The van der Waals surface area contributed by atoms with Crippen LogP contribution in [0, 0.1) is 13.8 Å². The maximum absolute atomic E-state index is 12.5. The Morgan fingerprint density at radius 3 is 2.53 bits per heavy atom. The van der Waals surface area contributed by atoms with Crippen molar-refractivity contribution in [1.29, 1.82) is 0 Å². The van der Waals surface area contributed by atoms with E-state index in [0.29, 0.717) is 17.9 Å². The van der Waals surface area contributed by atoms with Crippen LogP contribution >= 0.6 is 0 Å². The number of carboxylic acids is 1. The zero-order chi connectivity index (χ0) is 21.3. The highest BCUT2D eigenvalue weighted by atomic mass is 16.4. The van der Waals surface area contributed by atoms with Gasteiger partial charge in [0.05, 0.1) is 18.7 Å². The monoisotopic (exact) mass is 402 g/mol. The first-order chi connectivity index (χ1) is 14.4. The highest BCUT2D eigenvalue weighted by molar-refractivity contribution is 6.05. The summed E-state index contributed by atoms with van der Waals surface area (Å²) in [6.45, 7) is 4.24. The van der Waals surface area contributed by atoms with Crippen LogP contribution in [0.5, 0.6) is 0 Å². The molecular weight excluding hydrogens is 380 g/mol. The molecule has 3 N–H and O–H groups in total. The van der Waals surface area contributed by atoms with Crippen molar-refractivity contribution in [2.24, 2.45) is 0 Å². The van der Waals surface area contributed by atoms with Crippen LogP contribution in [0.1, 0.15) is 33.0 Å². The number of rotatable bonds is 6. The van der Waals surface area contributed by atoms with E-state index in [9.17, 15) is 9.59 Å². The smallest absolute Gasteiger partial charge is 0.307 e. The van der Waals surface area contributed by atoms with Crippen LogP contribution in [0.25, 0.3) is 10.9 Å². The summed E-state index contributed by atoms with van der Waals surface area (Å²) < 4.78 is 1.81. The summed E-state index contributed by atoms with van der Waals surface area (Å²) in [6, 6.07) is 17.1. The van der Waals surface area contributed by atoms with E-state index >= 15 is 0 Å². The van der Waals surface area contributed by atoms with Gasteiger partial charge in [-0.3, -0.25) is 14.3 Å². The van der Waals surface area contributed by atoms with Crippen LogP contribution in [0.4, 0.5) is 5.69 Å². The van der Waals surface area contributed by atoms with Gasteiger partial charge in [-0.15, -0.1) is 0 Å². The van der Waals surface area contributed by atoms with Crippen molar-refractivity contribution in [3.63, 3.8) is 0 Å². The number of H-pyrrole nitrogens is 1. The van der Waals surface area contributed by atoms with Gasteiger partial charge < -0.3 is 15.4 Å². The number of aromatic nitrogens is 3. The molecular formula is C23H22N4O3. The van der Waals surface area contributed by atoms with Gasteiger partial charge in [0.2, 0.25) is 0 Å². The van der Waals surface area contributed by atoms with Crippen molar-refractivity contribution >= 4 is 28.5 Å². The minimum absolute atomic E-state index is 0.0314. The number of nitrogens with zero attached hydrogens (tertiary/aromatic N) is 2. The second-order valence-corrected chi connectivity index (χ2v) is 7.30. The number of carbonyl (C=O) groups excluding carboxylic acids is 1. The number of anilines is 1. The maximum atomic E-state index is 12.5. The molecule has 2 heterocycles. The van der Waals surface area contributed by atoms with Gasteiger partial charge in [0.25, 0.3) is 5.91 Å². The predicted molar refractivity (Wildman–Crippen MR) is 115 cm³/mol. The lowest BCUT2D eigenvalue weighted by atomic mass is 10.1. The van der Waals surface area contributed by atoms with Crippen LogP contribution in [-0.4, -0.2) is 31.7 Å². The zero-order valence-corrected chi connectivity index (χ0v) is 16.8. The first-order valence-corrected chi connectivity index (χ1v) is 9.63. The minimum atomic E-state index is -0.865. The van der Waals surface area contributed by atoms with Gasteiger partial charge in [0, 0.05) is 27.8 Å². The molecule has 7 heteroatoms. The van der Waals surface area contributed by atoms with E-state index in [0.717, 1.165) is 33.4 Å². The number of fused-ring (bicyclic) bond motifs is 1. The van der Waals surface area contributed by atoms with Crippen molar-refractivity contribution in [2.75, 3.05) is 5.32 Å². The van der Waals surface area contributed by atoms with Gasteiger partial charge >= 0.3 is 5.97 Å². The lowest BCUT2D eigenvalue weighted by Gasteiger charge is -2.08. The molecule has 0 saturated heterocycles. The van der Waals surface area contributed by atoms with E-state index in [2.05, 4.69) is 15.4 Å². The lowest BCUT2D eigenvalue weighted by Crippen LogP contribution is -2.12. The Kier molecular flexibility index (Phi) is 5.10. The molecule has 1 amide bonds. The number of carboxylic acid groups (broad SMARTS) is 1. The van der Waals surface area contributed by atoms with Gasteiger partial charge in [-0.05, 0) is 43.7 Å². The first-order valence-electron chi connectivity index (χ1n) is 9.63. The van der Waals surface area contributed by atoms with E-state index < -0.39 is 5.97 Å². The quantitative estimate of drug-likeness (QED) is 0.455. The highest BCUT2D eigenvalue weighted by Gasteiger charge is 2.15. The molecule has 0 aliphatic rings. The Balaban J connectivity index is 1.45. The fraction of sp³-hybridized carbons (Fsp3) is 0.174. The summed E-state index contributed by atoms with van der Waals surface area (Å²) in [7, 11) is 0. The van der Waals surface area contributed by atoms with Crippen LogP contribution in [-0.2, 0) is 17.8 Å². The van der Waals surface area contributed by atoms with Crippen LogP contribution in [0.2, 0.25) is 0 Å². The number of nitrogens with one attached hydrogen (secondary N) is 2. The average Bonchev–Trinajstić information content (AvgIpc) is 3.26. The van der Waals surface area contributed by atoms with Crippen LogP contribution in [0.15, 0.2) is 54.6 Å². The van der Waals surface area contributed by atoms with Crippen LogP contribution < -0.4 is 5.32 Å². The third-order valence-corrected chi connectivity index (χ3v) is 5.18. The summed E-state index contributed by atoms with van der Waals surface area (Å²) in [5.74, 6) is -1.06. The Bertz CT molecular complexity index is 1200. The van der Waals surface area contributed by atoms with E-state index in [1.807, 2.05) is 73.1 Å². The number of benzene rings is 2. The fourth-order valence-electron chi connectivity index (χ4n) is 3.56. The van der Waals surface area contributed by atoms with Gasteiger partial charge in [0.15, 0.2) is 0 Å². The van der Waals surface area contributed by atoms with E-state index in [1.54, 1.807) is 0 Å². The standard InChI is InChI=1S/C23H22N4O3/c1-14-19(12-22(28)29)15(2)27(26-14)13-16-7-9-18(10-8-16)24-23(30)21-11-17-5-3-4-6-20(17)25-21/h3-11,25H,12-13H2,1-2H3,(H,24,30)(H,28,29). The number of hydrogen-bond donors (Lipinski definition) is 3. The summed E-state index contributed by atoms with van der Waals surface area (Å²) in [5, 5.41) is 17.4. The highest BCUT2D eigenvalue weighted by Crippen LogP contribution is 2.18. The molecule has 0 aliphatic carbocycles. The lowest BCUT2D eigenvalue weighted by molar-refractivity contribution is -0.136. The van der Waals surface area contributed by atoms with Crippen LogP contribution in [0.3, 0.4) is 0 Å². The minimum Gasteiger partial charge on any atom is -0.481 e. The molecule has 4 aromatic rings.